The molecule has 0 spiro atoms. The number of aromatic hydroxyl groups is 1. The van der Waals surface area contributed by atoms with Gasteiger partial charge in [0.05, 0.1) is 22.3 Å². The van der Waals surface area contributed by atoms with Gasteiger partial charge in [0.25, 0.3) is 10.0 Å². The molecule has 0 bridgehead atoms. The van der Waals surface area contributed by atoms with E-state index in [4.69, 9.17) is 5.10 Å². The van der Waals surface area contributed by atoms with Crippen LogP contribution < -0.4 is 9.73 Å². The van der Waals surface area contributed by atoms with Gasteiger partial charge in [0.15, 0.2) is 0 Å². The van der Waals surface area contributed by atoms with Gasteiger partial charge in [-0.2, -0.15) is 5.10 Å². The maximum absolute atomic E-state index is 13.0. The third kappa shape index (κ3) is 4.38. The maximum atomic E-state index is 13.0. The number of sulfonamides is 1. The standard InChI is InChI=1S/C27H23N3O3S/c31-27-17-8-7-16-24(27)26-19-25(28-30(26)22-13-5-2-6-14-22)20-10-9-15-23(18-20)34(32,33)29-21-11-3-1-4-12-21/h1-18,26,29,31H,19H2. The van der Waals surface area contributed by atoms with Crippen molar-refractivity contribution in [3.8, 4) is 5.75 Å². The number of nitrogens with one attached hydrogen (secondary N) is 1. The van der Waals surface area contributed by atoms with Crippen LogP contribution in [0.3, 0.4) is 0 Å². The molecule has 1 aliphatic heterocycles. The number of hydrogen-bond acceptors (Lipinski definition) is 5. The van der Waals surface area contributed by atoms with Gasteiger partial charge in [-0.15, -0.1) is 0 Å². The number of nitrogens with zero attached hydrogens (tertiary/aromatic N) is 2. The van der Waals surface area contributed by atoms with Gasteiger partial charge < -0.3 is 5.11 Å². The van der Waals surface area contributed by atoms with Gasteiger partial charge in [-0.05, 0) is 48.0 Å². The van der Waals surface area contributed by atoms with E-state index in [1.807, 2.05) is 59.6 Å². The van der Waals surface area contributed by atoms with Crippen LogP contribution in [0.25, 0.3) is 0 Å². The normalized spacial score (nSPS) is 15.7. The van der Waals surface area contributed by atoms with Crippen LogP contribution in [0.15, 0.2) is 119 Å². The van der Waals surface area contributed by atoms with Gasteiger partial charge in [0.1, 0.15) is 5.75 Å². The number of phenols is 1. The minimum absolute atomic E-state index is 0.161. The Bertz CT molecular complexity index is 1440. The van der Waals surface area contributed by atoms with Crippen molar-refractivity contribution in [2.45, 2.75) is 17.4 Å². The zero-order valence-corrected chi connectivity index (χ0v) is 19.1. The third-order valence-corrected chi connectivity index (χ3v) is 7.11. The van der Waals surface area contributed by atoms with E-state index >= 15 is 0 Å². The lowest BCUT2D eigenvalue weighted by Crippen LogP contribution is -2.18. The largest absolute Gasteiger partial charge is 0.508 e. The van der Waals surface area contributed by atoms with Crippen LogP contribution in [-0.4, -0.2) is 19.2 Å². The molecule has 1 unspecified atom stereocenters. The first-order valence-electron chi connectivity index (χ1n) is 10.9. The van der Waals surface area contributed by atoms with Crippen molar-refractivity contribution in [3.63, 3.8) is 0 Å². The number of hydrogen-bond donors (Lipinski definition) is 2. The van der Waals surface area contributed by atoms with E-state index in [9.17, 15) is 13.5 Å². The van der Waals surface area contributed by atoms with Crippen molar-refractivity contribution < 1.29 is 13.5 Å². The predicted molar refractivity (Wildman–Crippen MR) is 135 cm³/mol. The first kappa shape index (κ1) is 21.7. The van der Waals surface area contributed by atoms with E-state index in [-0.39, 0.29) is 16.7 Å². The highest BCUT2D eigenvalue weighted by atomic mass is 32.2. The predicted octanol–water partition coefficient (Wildman–Crippen LogP) is 5.55. The van der Waals surface area contributed by atoms with E-state index < -0.39 is 10.0 Å². The zero-order chi connectivity index (χ0) is 23.5. The molecular weight excluding hydrogens is 446 g/mol. The molecule has 0 aromatic heterocycles. The first-order chi connectivity index (χ1) is 16.5. The molecule has 4 aromatic rings. The van der Waals surface area contributed by atoms with Crippen molar-refractivity contribution in [3.05, 3.63) is 120 Å². The van der Waals surface area contributed by atoms with Crippen LogP contribution in [0.1, 0.15) is 23.6 Å². The molecule has 0 aliphatic carbocycles. The summed E-state index contributed by atoms with van der Waals surface area (Å²) in [5.41, 5.74) is 3.62. The summed E-state index contributed by atoms with van der Waals surface area (Å²) in [5.74, 6) is 0.202. The Morgan fingerprint density at radius 3 is 2.24 bits per heavy atom. The van der Waals surface area contributed by atoms with Crippen molar-refractivity contribution in [1.82, 2.24) is 0 Å². The van der Waals surface area contributed by atoms with Crippen LogP contribution in [0.2, 0.25) is 0 Å². The molecule has 6 nitrogen and oxygen atoms in total. The molecule has 7 heteroatoms. The number of anilines is 2. The Morgan fingerprint density at radius 1 is 0.824 bits per heavy atom. The van der Waals surface area contributed by atoms with E-state index in [1.165, 1.54) is 0 Å². The van der Waals surface area contributed by atoms with Crippen molar-refractivity contribution in [2.75, 3.05) is 9.73 Å². The molecule has 5 rings (SSSR count). The highest BCUT2D eigenvalue weighted by molar-refractivity contribution is 7.92. The summed E-state index contributed by atoms with van der Waals surface area (Å²) in [6.45, 7) is 0. The van der Waals surface area contributed by atoms with Crippen molar-refractivity contribution in [2.24, 2.45) is 5.10 Å². The fourth-order valence-corrected chi connectivity index (χ4v) is 5.18. The van der Waals surface area contributed by atoms with E-state index in [0.29, 0.717) is 12.1 Å². The Hall–Kier alpha value is -4.10. The van der Waals surface area contributed by atoms with Crippen LogP contribution in [0.5, 0.6) is 5.75 Å². The summed E-state index contributed by atoms with van der Waals surface area (Å²) in [6.07, 6.45) is 0.516. The highest BCUT2D eigenvalue weighted by Crippen LogP contribution is 2.39. The maximum Gasteiger partial charge on any atom is 0.261 e. The second-order valence-corrected chi connectivity index (χ2v) is 9.69. The molecule has 0 radical (unpaired) electrons. The monoisotopic (exact) mass is 469 g/mol. The quantitative estimate of drug-likeness (QED) is 0.388. The van der Waals surface area contributed by atoms with Gasteiger partial charge in [-0.3, -0.25) is 9.73 Å². The van der Waals surface area contributed by atoms with Gasteiger partial charge in [0.2, 0.25) is 0 Å². The van der Waals surface area contributed by atoms with Gasteiger partial charge in [0, 0.05) is 17.7 Å². The molecule has 0 saturated heterocycles. The number of hydrazone groups is 1. The highest BCUT2D eigenvalue weighted by Gasteiger charge is 2.32. The van der Waals surface area contributed by atoms with Gasteiger partial charge >= 0.3 is 0 Å². The van der Waals surface area contributed by atoms with Gasteiger partial charge in [-0.1, -0.05) is 66.7 Å². The summed E-state index contributed by atoms with van der Waals surface area (Å²) in [6, 6.07) is 32.3. The van der Waals surface area contributed by atoms with Crippen LogP contribution in [0.4, 0.5) is 11.4 Å². The minimum Gasteiger partial charge on any atom is -0.508 e. The van der Waals surface area contributed by atoms with E-state index in [2.05, 4.69) is 4.72 Å². The average molecular weight is 470 g/mol. The van der Waals surface area contributed by atoms with E-state index in [0.717, 1.165) is 22.5 Å². The number of phenolic OH excluding ortho intramolecular Hbond substituents is 1. The summed E-state index contributed by atoms with van der Waals surface area (Å²) in [5, 5.41) is 17.3. The molecule has 0 saturated carbocycles. The fraction of sp³-hybridized carbons (Fsp3) is 0.0741. The van der Waals surface area contributed by atoms with E-state index in [1.54, 1.807) is 54.6 Å². The second kappa shape index (κ2) is 9.03. The molecule has 1 heterocycles. The molecule has 1 atom stereocenters. The van der Waals surface area contributed by atoms with Crippen molar-refractivity contribution >= 4 is 27.1 Å². The van der Waals surface area contributed by atoms with Crippen LogP contribution in [0, 0.1) is 0 Å². The summed E-state index contributed by atoms with van der Waals surface area (Å²) < 4.78 is 28.6. The molecule has 170 valence electrons. The van der Waals surface area contributed by atoms with Crippen molar-refractivity contribution in [1.29, 1.82) is 0 Å². The lowest BCUT2D eigenvalue weighted by Gasteiger charge is -2.24. The fourth-order valence-electron chi connectivity index (χ4n) is 4.08. The number of rotatable bonds is 6. The molecule has 34 heavy (non-hydrogen) atoms. The molecule has 1 aliphatic rings. The smallest absolute Gasteiger partial charge is 0.261 e. The van der Waals surface area contributed by atoms with Gasteiger partial charge in [-0.25, -0.2) is 8.42 Å². The number of benzene rings is 4. The summed E-state index contributed by atoms with van der Waals surface area (Å²) in [4.78, 5) is 0.161. The molecule has 4 aromatic carbocycles. The Kier molecular flexibility index (Phi) is 5.77. The SMILES string of the molecule is O=S(=O)(Nc1ccccc1)c1cccc(C2=NN(c3ccccc3)C(c3ccccc3O)C2)c1. The summed E-state index contributed by atoms with van der Waals surface area (Å²) >= 11 is 0. The number of para-hydroxylation sites is 3. The second-order valence-electron chi connectivity index (χ2n) is 8.00. The molecule has 0 fully saturated rings. The Labute approximate surface area is 198 Å². The molecule has 0 amide bonds. The summed E-state index contributed by atoms with van der Waals surface area (Å²) in [7, 11) is -3.76. The van der Waals surface area contributed by atoms with Crippen LogP contribution >= 0.6 is 0 Å². The minimum atomic E-state index is -3.76. The Balaban J connectivity index is 1.51. The first-order valence-corrected chi connectivity index (χ1v) is 12.4. The topological polar surface area (TPSA) is 82.0 Å². The van der Waals surface area contributed by atoms with Crippen LogP contribution in [-0.2, 0) is 10.0 Å². The molecular formula is C27H23N3O3S. The average Bonchev–Trinajstić information content (AvgIpc) is 3.31. The molecule has 2 N–H and O–H groups in total. The third-order valence-electron chi connectivity index (χ3n) is 5.73. The lowest BCUT2D eigenvalue weighted by atomic mass is 9.97. The Morgan fingerprint density at radius 2 is 1.50 bits per heavy atom. The lowest BCUT2D eigenvalue weighted by molar-refractivity contribution is 0.461. The zero-order valence-electron chi connectivity index (χ0n) is 18.2.